The third-order valence-electron chi connectivity index (χ3n) is 7.15. The number of hydrogen-bond acceptors (Lipinski definition) is 4. The molecule has 1 aliphatic heterocycles. The topological polar surface area (TPSA) is 85.4 Å². The van der Waals surface area contributed by atoms with E-state index >= 15 is 0 Å². The standard InChI is InChI=1S/C28H34FN5O3Si/c1-18-14-32(17-37-12-13-38(3,4)5)27-24(18)22(10-11-30-27)25-23-16-33(28(35)36)19(2)15-34(23)31-26(25)20-6-8-21(29)9-7-20/h6-11,14,19H,12-13,15-17H2,1-5H3,(H,35,36)/t19-/m0/s1. The number of nitrogens with zero attached hydrogens (tertiary/aromatic N) is 5. The van der Waals surface area contributed by atoms with Gasteiger partial charge in [0, 0.05) is 43.6 Å². The third kappa shape index (κ3) is 4.98. The summed E-state index contributed by atoms with van der Waals surface area (Å²) in [5.41, 5.74) is 5.91. The Hall–Kier alpha value is -3.50. The summed E-state index contributed by atoms with van der Waals surface area (Å²) in [7, 11) is -1.19. The monoisotopic (exact) mass is 535 g/mol. The highest BCUT2D eigenvalue weighted by atomic mass is 28.3. The summed E-state index contributed by atoms with van der Waals surface area (Å²) < 4.78 is 23.7. The van der Waals surface area contributed by atoms with Gasteiger partial charge in [0.1, 0.15) is 23.9 Å². The van der Waals surface area contributed by atoms with Crippen LogP contribution < -0.4 is 0 Å². The van der Waals surface area contributed by atoms with Gasteiger partial charge in [0.15, 0.2) is 0 Å². The van der Waals surface area contributed by atoms with E-state index in [9.17, 15) is 14.3 Å². The highest BCUT2D eigenvalue weighted by molar-refractivity contribution is 6.76. The minimum atomic E-state index is -1.19. The van der Waals surface area contributed by atoms with E-state index in [0.29, 0.717) is 25.6 Å². The summed E-state index contributed by atoms with van der Waals surface area (Å²) >= 11 is 0. The number of ether oxygens (including phenoxy) is 1. The zero-order chi connectivity index (χ0) is 27.2. The maximum absolute atomic E-state index is 13.8. The van der Waals surface area contributed by atoms with Crippen molar-refractivity contribution in [1.29, 1.82) is 0 Å². The Morgan fingerprint density at radius 3 is 2.63 bits per heavy atom. The summed E-state index contributed by atoms with van der Waals surface area (Å²) in [4.78, 5) is 18.2. The van der Waals surface area contributed by atoms with Crippen LogP contribution >= 0.6 is 0 Å². The SMILES string of the molecule is Cc1cn(COCC[Si](C)(C)C)c2nccc(-c3c(-c4ccc(F)cc4)nn4c3CN(C(=O)O)[C@@H](C)C4)c12. The lowest BCUT2D eigenvalue weighted by Crippen LogP contribution is -2.44. The van der Waals surface area contributed by atoms with E-state index in [1.165, 1.54) is 17.0 Å². The first kappa shape index (κ1) is 26.1. The van der Waals surface area contributed by atoms with E-state index < -0.39 is 14.2 Å². The van der Waals surface area contributed by atoms with Gasteiger partial charge in [-0.25, -0.2) is 14.2 Å². The maximum atomic E-state index is 13.8. The molecular formula is C28H34FN5O3Si. The highest BCUT2D eigenvalue weighted by Gasteiger charge is 2.33. The van der Waals surface area contributed by atoms with Gasteiger partial charge in [-0.15, -0.1) is 0 Å². The fourth-order valence-electron chi connectivity index (χ4n) is 5.09. The van der Waals surface area contributed by atoms with Crippen LogP contribution in [0.15, 0.2) is 42.7 Å². The van der Waals surface area contributed by atoms with Crippen LogP contribution in [0.3, 0.4) is 0 Å². The molecule has 0 unspecified atom stereocenters. The van der Waals surface area contributed by atoms with Crippen molar-refractivity contribution in [2.24, 2.45) is 0 Å². The molecule has 0 fully saturated rings. The largest absolute Gasteiger partial charge is 0.465 e. The van der Waals surface area contributed by atoms with Crippen LogP contribution in [0.4, 0.5) is 9.18 Å². The molecule has 1 N–H and O–H groups in total. The van der Waals surface area contributed by atoms with Crippen molar-refractivity contribution >= 4 is 25.2 Å². The highest BCUT2D eigenvalue weighted by Crippen LogP contribution is 2.41. The van der Waals surface area contributed by atoms with Gasteiger partial charge in [-0.05, 0) is 61.4 Å². The van der Waals surface area contributed by atoms with E-state index in [-0.39, 0.29) is 18.4 Å². The predicted octanol–water partition coefficient (Wildman–Crippen LogP) is 6.21. The normalized spacial score (nSPS) is 15.7. The van der Waals surface area contributed by atoms with Crippen molar-refractivity contribution in [3.05, 3.63) is 59.8 Å². The second kappa shape index (κ2) is 9.99. The van der Waals surface area contributed by atoms with E-state index in [1.54, 1.807) is 18.3 Å². The zero-order valence-corrected chi connectivity index (χ0v) is 23.5. The number of hydrogen-bond donors (Lipinski definition) is 1. The van der Waals surface area contributed by atoms with Gasteiger partial charge in [-0.1, -0.05) is 19.6 Å². The number of carbonyl (C=O) groups is 1. The van der Waals surface area contributed by atoms with Gasteiger partial charge >= 0.3 is 6.09 Å². The quantitative estimate of drug-likeness (QED) is 0.225. The molecule has 1 aromatic carbocycles. The molecule has 1 amide bonds. The summed E-state index contributed by atoms with van der Waals surface area (Å²) in [6.07, 6.45) is 2.86. The van der Waals surface area contributed by atoms with Crippen molar-refractivity contribution < 1.29 is 19.0 Å². The predicted molar refractivity (Wildman–Crippen MR) is 148 cm³/mol. The molecule has 4 heterocycles. The van der Waals surface area contributed by atoms with Gasteiger partial charge < -0.3 is 14.4 Å². The summed E-state index contributed by atoms with van der Waals surface area (Å²) in [6.45, 7) is 12.7. The molecule has 1 atom stereocenters. The molecule has 10 heteroatoms. The van der Waals surface area contributed by atoms with Crippen molar-refractivity contribution in [2.75, 3.05) is 6.61 Å². The molecule has 8 nitrogen and oxygen atoms in total. The van der Waals surface area contributed by atoms with Crippen LogP contribution in [-0.2, 0) is 24.6 Å². The van der Waals surface area contributed by atoms with Crippen LogP contribution in [0, 0.1) is 12.7 Å². The number of rotatable bonds is 7. The molecule has 0 spiro atoms. The molecule has 0 aliphatic carbocycles. The average molecular weight is 536 g/mol. The smallest absolute Gasteiger partial charge is 0.407 e. The second-order valence-corrected chi connectivity index (χ2v) is 16.9. The number of carboxylic acid groups (broad SMARTS) is 1. The van der Waals surface area contributed by atoms with Crippen LogP contribution in [0.25, 0.3) is 33.4 Å². The fraction of sp³-hybridized carbons (Fsp3) is 0.393. The first-order valence-electron chi connectivity index (χ1n) is 12.9. The third-order valence-corrected chi connectivity index (χ3v) is 8.86. The Balaban J connectivity index is 1.63. The molecule has 38 heavy (non-hydrogen) atoms. The Kier molecular flexibility index (Phi) is 6.87. The van der Waals surface area contributed by atoms with Gasteiger partial charge in [0.05, 0.1) is 24.8 Å². The summed E-state index contributed by atoms with van der Waals surface area (Å²) in [5.74, 6) is -0.321. The first-order valence-corrected chi connectivity index (χ1v) is 16.6. The zero-order valence-electron chi connectivity index (χ0n) is 22.5. The number of benzene rings is 1. The number of fused-ring (bicyclic) bond motifs is 2. The van der Waals surface area contributed by atoms with E-state index in [0.717, 1.165) is 45.0 Å². The lowest BCUT2D eigenvalue weighted by atomic mass is 9.95. The number of aromatic nitrogens is 4. The molecular weight excluding hydrogens is 501 g/mol. The van der Waals surface area contributed by atoms with E-state index in [4.69, 9.17) is 14.8 Å². The van der Waals surface area contributed by atoms with E-state index in [1.807, 2.05) is 29.2 Å². The van der Waals surface area contributed by atoms with Crippen molar-refractivity contribution in [1.82, 2.24) is 24.2 Å². The molecule has 3 aromatic heterocycles. The van der Waals surface area contributed by atoms with Crippen molar-refractivity contribution in [3.8, 4) is 22.4 Å². The lowest BCUT2D eigenvalue weighted by Gasteiger charge is -2.32. The maximum Gasteiger partial charge on any atom is 0.407 e. The van der Waals surface area contributed by atoms with Gasteiger partial charge in [-0.2, -0.15) is 5.10 Å². The van der Waals surface area contributed by atoms with Crippen LogP contribution in [0.5, 0.6) is 0 Å². The Morgan fingerprint density at radius 1 is 1.21 bits per heavy atom. The number of pyridine rings is 1. The molecule has 4 aromatic rings. The average Bonchev–Trinajstić information content (AvgIpc) is 3.38. The Labute approximate surface area is 222 Å². The summed E-state index contributed by atoms with van der Waals surface area (Å²) in [5, 5.41) is 15.7. The number of halogens is 1. The van der Waals surface area contributed by atoms with Crippen molar-refractivity contribution in [3.63, 3.8) is 0 Å². The van der Waals surface area contributed by atoms with Gasteiger partial charge in [-0.3, -0.25) is 9.58 Å². The Bertz CT molecular complexity index is 1490. The summed E-state index contributed by atoms with van der Waals surface area (Å²) in [6, 6.07) is 9.10. The Morgan fingerprint density at radius 2 is 1.95 bits per heavy atom. The minimum Gasteiger partial charge on any atom is -0.465 e. The molecule has 1 aliphatic rings. The fourth-order valence-corrected chi connectivity index (χ4v) is 5.84. The number of amides is 1. The second-order valence-electron chi connectivity index (χ2n) is 11.3. The minimum absolute atomic E-state index is 0.212. The molecule has 5 rings (SSSR count). The molecule has 0 saturated heterocycles. The van der Waals surface area contributed by atoms with Crippen LogP contribution in [0.1, 0.15) is 18.2 Å². The number of aryl methyl sites for hydroxylation is 1. The lowest BCUT2D eigenvalue weighted by molar-refractivity contribution is 0.0898. The first-order chi connectivity index (χ1) is 18.0. The van der Waals surface area contributed by atoms with Crippen LogP contribution in [0.2, 0.25) is 25.7 Å². The molecule has 200 valence electrons. The molecule has 0 radical (unpaired) electrons. The van der Waals surface area contributed by atoms with Gasteiger partial charge in [0.2, 0.25) is 0 Å². The van der Waals surface area contributed by atoms with E-state index in [2.05, 4.69) is 25.8 Å². The van der Waals surface area contributed by atoms with Gasteiger partial charge in [0.25, 0.3) is 0 Å². The molecule has 0 saturated carbocycles. The molecule has 0 bridgehead atoms. The van der Waals surface area contributed by atoms with Crippen LogP contribution in [-0.4, -0.2) is 56.2 Å². The van der Waals surface area contributed by atoms with Crippen molar-refractivity contribution in [2.45, 2.75) is 65.4 Å².